The monoisotopic (exact) mass is 341 g/mol. The fraction of sp³-hybridized carbons (Fsp3) is 0.0588. The Bertz CT molecular complexity index is 816. The van der Waals surface area contributed by atoms with Gasteiger partial charge in [-0.05, 0) is 40.2 Å². The van der Waals surface area contributed by atoms with Crippen molar-refractivity contribution in [2.75, 3.05) is 7.11 Å². The topological polar surface area (TPSA) is 39.2 Å². The van der Waals surface area contributed by atoms with Crippen molar-refractivity contribution in [1.29, 1.82) is 0 Å². The van der Waals surface area contributed by atoms with Crippen LogP contribution in [-0.4, -0.2) is 18.1 Å². The van der Waals surface area contributed by atoms with Gasteiger partial charge in [-0.3, -0.25) is 0 Å². The number of nitrogens with zero attached hydrogens (tertiary/aromatic N) is 1. The van der Waals surface area contributed by atoms with E-state index < -0.39 is 0 Å². The van der Waals surface area contributed by atoms with Crippen LogP contribution in [0.2, 0.25) is 0 Å². The Kier molecular flexibility index (Phi) is 3.71. The molecule has 0 saturated carbocycles. The number of rotatable bonds is 2. The fourth-order valence-electron chi connectivity index (χ4n) is 2.19. The third kappa shape index (κ3) is 2.67. The lowest BCUT2D eigenvalue weighted by molar-refractivity contribution is 0.0601. The Balaban J connectivity index is 2.15. The van der Waals surface area contributed by atoms with Crippen molar-refractivity contribution < 1.29 is 9.53 Å². The predicted octanol–water partition coefficient (Wildman–Crippen LogP) is 4.45. The summed E-state index contributed by atoms with van der Waals surface area (Å²) >= 11 is 3.55. The number of pyridine rings is 1. The van der Waals surface area contributed by atoms with Gasteiger partial charge in [0.1, 0.15) is 0 Å². The lowest BCUT2D eigenvalue weighted by Crippen LogP contribution is -2.00. The van der Waals surface area contributed by atoms with Crippen LogP contribution in [0.15, 0.2) is 59.1 Å². The van der Waals surface area contributed by atoms with Crippen LogP contribution in [0.4, 0.5) is 0 Å². The molecular weight excluding hydrogens is 330 g/mol. The van der Waals surface area contributed by atoms with Gasteiger partial charge >= 0.3 is 5.97 Å². The van der Waals surface area contributed by atoms with Crippen LogP contribution in [0.3, 0.4) is 0 Å². The summed E-state index contributed by atoms with van der Waals surface area (Å²) in [4.78, 5) is 16.2. The van der Waals surface area contributed by atoms with Crippen LogP contribution in [0, 0.1) is 0 Å². The molecule has 0 radical (unpaired) electrons. The average molecular weight is 342 g/mol. The largest absolute Gasteiger partial charge is 0.465 e. The second-order valence-electron chi connectivity index (χ2n) is 4.58. The molecule has 0 unspecified atom stereocenters. The number of carbonyl (C=O) groups excluding carboxylic acids is 1. The number of aromatic nitrogens is 1. The zero-order valence-corrected chi connectivity index (χ0v) is 12.9. The minimum Gasteiger partial charge on any atom is -0.465 e. The molecule has 1 aromatic heterocycles. The van der Waals surface area contributed by atoms with E-state index in [-0.39, 0.29) is 5.97 Å². The standard InChI is InChI=1S/C17H12BrNO2/c1-21-17(20)12-7-8-15-13(9-12)10-14(18)16(19-15)11-5-3-2-4-6-11/h2-10H,1H3. The number of hydrogen-bond donors (Lipinski definition) is 0. The van der Waals surface area contributed by atoms with E-state index in [1.165, 1.54) is 7.11 Å². The molecule has 3 aromatic rings. The number of ether oxygens (including phenoxy) is 1. The van der Waals surface area contributed by atoms with E-state index in [4.69, 9.17) is 4.74 Å². The van der Waals surface area contributed by atoms with E-state index in [2.05, 4.69) is 20.9 Å². The van der Waals surface area contributed by atoms with Gasteiger partial charge in [0.2, 0.25) is 0 Å². The molecular formula is C17H12BrNO2. The molecule has 0 amide bonds. The van der Waals surface area contributed by atoms with Gasteiger partial charge in [0, 0.05) is 15.4 Å². The Morgan fingerprint density at radius 2 is 1.86 bits per heavy atom. The molecule has 1 heterocycles. The summed E-state index contributed by atoms with van der Waals surface area (Å²) in [5.74, 6) is -0.347. The summed E-state index contributed by atoms with van der Waals surface area (Å²) < 4.78 is 5.63. The number of benzene rings is 2. The number of halogens is 1. The second kappa shape index (κ2) is 5.66. The van der Waals surface area contributed by atoms with Crippen LogP contribution in [0.1, 0.15) is 10.4 Å². The number of carbonyl (C=O) groups is 1. The Morgan fingerprint density at radius 1 is 1.10 bits per heavy atom. The van der Waals surface area contributed by atoms with Crippen molar-refractivity contribution in [3.63, 3.8) is 0 Å². The summed E-state index contributed by atoms with van der Waals surface area (Å²) in [5, 5.41) is 0.893. The summed E-state index contributed by atoms with van der Waals surface area (Å²) in [6.07, 6.45) is 0. The second-order valence-corrected chi connectivity index (χ2v) is 5.44. The maximum atomic E-state index is 11.6. The molecule has 0 atom stereocenters. The van der Waals surface area contributed by atoms with Gasteiger partial charge < -0.3 is 4.74 Å². The quantitative estimate of drug-likeness (QED) is 0.646. The first kappa shape index (κ1) is 13.8. The third-order valence-electron chi connectivity index (χ3n) is 3.24. The lowest BCUT2D eigenvalue weighted by atomic mass is 10.1. The third-order valence-corrected chi connectivity index (χ3v) is 3.84. The first-order chi connectivity index (χ1) is 10.2. The van der Waals surface area contributed by atoms with E-state index in [1.807, 2.05) is 42.5 Å². The van der Waals surface area contributed by atoms with E-state index in [0.717, 1.165) is 26.6 Å². The maximum absolute atomic E-state index is 11.6. The van der Waals surface area contributed by atoms with Crippen molar-refractivity contribution in [2.45, 2.75) is 0 Å². The number of fused-ring (bicyclic) bond motifs is 1. The van der Waals surface area contributed by atoms with Crippen molar-refractivity contribution >= 4 is 32.8 Å². The zero-order chi connectivity index (χ0) is 14.8. The minimum absolute atomic E-state index is 0.347. The Morgan fingerprint density at radius 3 is 2.57 bits per heavy atom. The predicted molar refractivity (Wildman–Crippen MR) is 86.2 cm³/mol. The minimum atomic E-state index is -0.347. The lowest BCUT2D eigenvalue weighted by Gasteiger charge is -2.07. The summed E-state index contributed by atoms with van der Waals surface area (Å²) in [7, 11) is 1.37. The summed E-state index contributed by atoms with van der Waals surface area (Å²) in [5.41, 5.74) is 3.29. The molecule has 0 fully saturated rings. The van der Waals surface area contributed by atoms with Crippen molar-refractivity contribution in [3.05, 3.63) is 64.6 Å². The molecule has 4 heteroatoms. The number of esters is 1. The highest BCUT2D eigenvalue weighted by Crippen LogP contribution is 2.30. The molecule has 104 valence electrons. The number of methoxy groups -OCH3 is 1. The smallest absolute Gasteiger partial charge is 0.337 e. The van der Waals surface area contributed by atoms with Crippen LogP contribution >= 0.6 is 15.9 Å². The summed E-state index contributed by atoms with van der Waals surface area (Å²) in [6, 6.07) is 17.3. The van der Waals surface area contributed by atoms with Gasteiger partial charge in [-0.25, -0.2) is 9.78 Å². The SMILES string of the molecule is COC(=O)c1ccc2nc(-c3ccccc3)c(Br)cc2c1. The average Bonchev–Trinajstić information content (AvgIpc) is 2.53. The first-order valence-corrected chi connectivity index (χ1v) is 7.22. The molecule has 3 rings (SSSR count). The molecule has 0 aliphatic carbocycles. The highest BCUT2D eigenvalue weighted by Gasteiger charge is 2.10. The zero-order valence-electron chi connectivity index (χ0n) is 11.3. The molecule has 0 aliphatic rings. The van der Waals surface area contributed by atoms with Crippen molar-refractivity contribution in [1.82, 2.24) is 4.98 Å². The molecule has 21 heavy (non-hydrogen) atoms. The molecule has 0 saturated heterocycles. The van der Waals surface area contributed by atoms with Crippen LogP contribution in [0.25, 0.3) is 22.2 Å². The van der Waals surface area contributed by atoms with Gasteiger partial charge in [0.15, 0.2) is 0 Å². The van der Waals surface area contributed by atoms with Gasteiger partial charge in [0.25, 0.3) is 0 Å². The first-order valence-electron chi connectivity index (χ1n) is 6.43. The van der Waals surface area contributed by atoms with Crippen LogP contribution < -0.4 is 0 Å². The van der Waals surface area contributed by atoms with E-state index in [1.54, 1.807) is 12.1 Å². The highest BCUT2D eigenvalue weighted by molar-refractivity contribution is 9.10. The molecule has 3 nitrogen and oxygen atoms in total. The van der Waals surface area contributed by atoms with E-state index >= 15 is 0 Å². The molecule has 0 aliphatic heterocycles. The molecule has 0 N–H and O–H groups in total. The van der Waals surface area contributed by atoms with Crippen molar-refractivity contribution in [2.24, 2.45) is 0 Å². The van der Waals surface area contributed by atoms with Gasteiger partial charge in [-0.2, -0.15) is 0 Å². The maximum Gasteiger partial charge on any atom is 0.337 e. The number of hydrogen-bond acceptors (Lipinski definition) is 3. The van der Waals surface area contributed by atoms with Crippen LogP contribution in [-0.2, 0) is 4.74 Å². The summed E-state index contributed by atoms with van der Waals surface area (Å²) in [6.45, 7) is 0. The van der Waals surface area contributed by atoms with E-state index in [0.29, 0.717) is 5.56 Å². The normalized spacial score (nSPS) is 10.6. The Labute approximate surface area is 130 Å². The highest BCUT2D eigenvalue weighted by atomic mass is 79.9. The molecule has 0 bridgehead atoms. The van der Waals surface area contributed by atoms with Gasteiger partial charge in [-0.1, -0.05) is 30.3 Å². The van der Waals surface area contributed by atoms with Crippen LogP contribution in [0.5, 0.6) is 0 Å². The van der Waals surface area contributed by atoms with Gasteiger partial charge in [-0.15, -0.1) is 0 Å². The fourth-order valence-corrected chi connectivity index (χ4v) is 2.76. The van der Waals surface area contributed by atoms with Crippen molar-refractivity contribution in [3.8, 4) is 11.3 Å². The molecule has 2 aromatic carbocycles. The van der Waals surface area contributed by atoms with E-state index in [9.17, 15) is 4.79 Å². The Hall–Kier alpha value is -2.20. The van der Waals surface area contributed by atoms with Gasteiger partial charge in [0.05, 0.1) is 23.9 Å². The molecule has 0 spiro atoms.